The highest BCUT2D eigenvalue weighted by Crippen LogP contribution is 2.30. The smallest absolute Gasteiger partial charge is 0.225 e. The van der Waals surface area contributed by atoms with E-state index >= 15 is 0 Å². The molecule has 1 aromatic rings. The SMILES string of the molecule is CN=C(NCCc1cc(F)cc2c1OCOC2)NC1CCN(C(=O)C2CCCC2)C1.I. The zero-order valence-corrected chi connectivity index (χ0v) is 20.3. The number of guanidine groups is 1. The van der Waals surface area contributed by atoms with E-state index in [1.165, 1.54) is 25.0 Å². The number of aliphatic imine (C=N–C) groups is 1. The molecule has 1 atom stereocenters. The Morgan fingerprint density at radius 3 is 2.87 bits per heavy atom. The number of likely N-dealkylation sites (tertiary alicyclic amines) is 1. The molecule has 2 heterocycles. The van der Waals surface area contributed by atoms with Gasteiger partial charge in [-0.15, -0.1) is 24.0 Å². The van der Waals surface area contributed by atoms with Crippen LogP contribution in [-0.2, 0) is 22.6 Å². The number of amides is 1. The van der Waals surface area contributed by atoms with E-state index in [1.807, 2.05) is 4.90 Å². The van der Waals surface area contributed by atoms with Crippen molar-refractivity contribution in [3.8, 4) is 5.75 Å². The molecule has 1 amide bonds. The molecule has 2 N–H and O–H groups in total. The Morgan fingerprint density at radius 2 is 2.10 bits per heavy atom. The van der Waals surface area contributed by atoms with Gasteiger partial charge in [-0.25, -0.2) is 4.39 Å². The van der Waals surface area contributed by atoms with Gasteiger partial charge >= 0.3 is 0 Å². The summed E-state index contributed by atoms with van der Waals surface area (Å²) in [4.78, 5) is 18.9. The molecule has 2 fully saturated rings. The van der Waals surface area contributed by atoms with Crippen LogP contribution < -0.4 is 15.4 Å². The van der Waals surface area contributed by atoms with E-state index in [0.717, 1.165) is 49.2 Å². The lowest BCUT2D eigenvalue weighted by Gasteiger charge is -2.22. The largest absolute Gasteiger partial charge is 0.467 e. The quantitative estimate of drug-likeness (QED) is 0.338. The number of carbonyl (C=O) groups is 1. The number of carbonyl (C=O) groups excluding carboxylic acids is 1. The minimum Gasteiger partial charge on any atom is -0.467 e. The summed E-state index contributed by atoms with van der Waals surface area (Å²) in [5, 5.41) is 6.72. The molecular formula is C22H32FIN4O3. The number of hydrogen-bond acceptors (Lipinski definition) is 4. The van der Waals surface area contributed by atoms with Crippen LogP contribution in [0.4, 0.5) is 4.39 Å². The molecule has 7 nitrogen and oxygen atoms in total. The normalized spacial score (nSPS) is 21.3. The van der Waals surface area contributed by atoms with Gasteiger partial charge in [0.2, 0.25) is 5.91 Å². The van der Waals surface area contributed by atoms with Crippen molar-refractivity contribution in [1.82, 2.24) is 15.5 Å². The number of halogens is 2. The molecule has 1 aliphatic carbocycles. The van der Waals surface area contributed by atoms with Crippen molar-refractivity contribution in [1.29, 1.82) is 0 Å². The Balaban J connectivity index is 0.00000272. The Kier molecular flexibility index (Phi) is 8.76. The molecule has 1 saturated carbocycles. The summed E-state index contributed by atoms with van der Waals surface area (Å²) < 4.78 is 24.7. The van der Waals surface area contributed by atoms with Gasteiger partial charge in [-0.3, -0.25) is 9.79 Å². The van der Waals surface area contributed by atoms with Crippen LogP contribution >= 0.6 is 24.0 Å². The first-order valence-electron chi connectivity index (χ1n) is 10.9. The number of ether oxygens (including phenoxy) is 2. The molecule has 1 saturated heterocycles. The molecule has 3 aliphatic rings. The minimum absolute atomic E-state index is 0. The number of hydrogen-bond donors (Lipinski definition) is 2. The number of nitrogens with one attached hydrogen (secondary N) is 2. The standard InChI is InChI=1S/C22H31FN4O3.HI/c1-24-22(26-19-7-9-27(12-19)21(28)15-4-2-3-5-15)25-8-6-16-10-18(23)11-17-13-29-14-30-20(16)17;/h10-11,15,19H,2-9,12-14H2,1H3,(H2,24,25,26);1H. The van der Waals surface area contributed by atoms with E-state index < -0.39 is 0 Å². The summed E-state index contributed by atoms with van der Waals surface area (Å²) in [7, 11) is 1.73. The highest BCUT2D eigenvalue weighted by atomic mass is 127. The minimum atomic E-state index is -0.279. The van der Waals surface area contributed by atoms with Crippen molar-refractivity contribution in [2.45, 2.75) is 51.2 Å². The summed E-state index contributed by atoms with van der Waals surface area (Å²) in [6.07, 6.45) is 5.96. The number of benzene rings is 1. The second-order valence-electron chi connectivity index (χ2n) is 8.31. The maximum absolute atomic E-state index is 13.9. The third-order valence-corrected chi connectivity index (χ3v) is 6.21. The zero-order chi connectivity index (χ0) is 20.9. The van der Waals surface area contributed by atoms with Gasteiger partial charge in [-0.2, -0.15) is 0 Å². The molecule has 172 valence electrons. The van der Waals surface area contributed by atoms with E-state index in [9.17, 15) is 9.18 Å². The molecule has 0 radical (unpaired) electrons. The fraction of sp³-hybridized carbons (Fsp3) is 0.636. The first-order valence-corrected chi connectivity index (χ1v) is 10.9. The van der Waals surface area contributed by atoms with E-state index in [0.29, 0.717) is 31.4 Å². The van der Waals surface area contributed by atoms with Crippen molar-refractivity contribution < 1.29 is 18.7 Å². The second-order valence-corrected chi connectivity index (χ2v) is 8.31. The number of fused-ring (bicyclic) bond motifs is 1. The van der Waals surface area contributed by atoms with Crippen molar-refractivity contribution in [3.05, 3.63) is 29.1 Å². The van der Waals surface area contributed by atoms with Crippen molar-refractivity contribution >= 4 is 35.8 Å². The Morgan fingerprint density at radius 1 is 1.29 bits per heavy atom. The zero-order valence-electron chi connectivity index (χ0n) is 18.0. The lowest BCUT2D eigenvalue weighted by molar-refractivity contribution is -0.134. The third-order valence-electron chi connectivity index (χ3n) is 6.21. The van der Waals surface area contributed by atoms with Crippen LogP contribution in [0.1, 0.15) is 43.2 Å². The van der Waals surface area contributed by atoms with Gasteiger partial charge in [0.15, 0.2) is 12.8 Å². The summed E-state index contributed by atoms with van der Waals surface area (Å²) in [5.41, 5.74) is 1.57. The first-order chi connectivity index (χ1) is 14.6. The van der Waals surface area contributed by atoms with Gasteiger partial charge < -0.3 is 25.0 Å². The van der Waals surface area contributed by atoms with Gasteiger partial charge in [-0.05, 0) is 43.4 Å². The summed E-state index contributed by atoms with van der Waals surface area (Å²) in [5.74, 6) is 1.69. The molecule has 4 rings (SSSR count). The van der Waals surface area contributed by atoms with Crippen LogP contribution in [-0.4, -0.2) is 56.3 Å². The molecule has 0 bridgehead atoms. The van der Waals surface area contributed by atoms with Crippen molar-refractivity contribution in [3.63, 3.8) is 0 Å². The Hall–Kier alpha value is -1.62. The third kappa shape index (κ3) is 6.00. The fourth-order valence-corrected chi connectivity index (χ4v) is 4.66. The first kappa shape index (κ1) is 24.0. The molecule has 9 heteroatoms. The van der Waals surface area contributed by atoms with Crippen LogP contribution in [0.5, 0.6) is 5.75 Å². The maximum atomic E-state index is 13.9. The molecule has 1 unspecified atom stereocenters. The molecule has 31 heavy (non-hydrogen) atoms. The predicted octanol–water partition coefficient (Wildman–Crippen LogP) is 2.81. The highest BCUT2D eigenvalue weighted by molar-refractivity contribution is 14.0. The van der Waals surface area contributed by atoms with E-state index in [2.05, 4.69) is 15.6 Å². The Labute approximate surface area is 200 Å². The van der Waals surface area contributed by atoms with Gasteiger partial charge in [-0.1, -0.05) is 12.8 Å². The Bertz CT molecular complexity index is 801. The molecule has 2 aliphatic heterocycles. The van der Waals surface area contributed by atoms with Crippen LogP contribution in [0, 0.1) is 11.7 Å². The summed E-state index contributed by atoms with van der Waals surface area (Å²) in [6.45, 7) is 2.69. The van der Waals surface area contributed by atoms with E-state index in [-0.39, 0.29) is 48.5 Å². The molecule has 0 aromatic heterocycles. The monoisotopic (exact) mass is 546 g/mol. The fourth-order valence-electron chi connectivity index (χ4n) is 4.66. The highest BCUT2D eigenvalue weighted by Gasteiger charge is 2.32. The van der Waals surface area contributed by atoms with Gasteiger partial charge in [0.25, 0.3) is 0 Å². The van der Waals surface area contributed by atoms with E-state index in [4.69, 9.17) is 9.47 Å². The van der Waals surface area contributed by atoms with E-state index in [1.54, 1.807) is 7.05 Å². The summed E-state index contributed by atoms with van der Waals surface area (Å²) in [6, 6.07) is 3.18. The summed E-state index contributed by atoms with van der Waals surface area (Å²) >= 11 is 0. The average molecular weight is 546 g/mol. The second kappa shape index (κ2) is 11.3. The average Bonchev–Trinajstić information content (AvgIpc) is 3.45. The van der Waals surface area contributed by atoms with Crippen LogP contribution in [0.25, 0.3) is 0 Å². The number of rotatable bonds is 5. The molecule has 1 aromatic carbocycles. The lowest BCUT2D eigenvalue weighted by Crippen LogP contribution is -2.45. The van der Waals surface area contributed by atoms with Crippen LogP contribution in [0.3, 0.4) is 0 Å². The van der Waals surface area contributed by atoms with Crippen LogP contribution in [0.2, 0.25) is 0 Å². The predicted molar refractivity (Wildman–Crippen MR) is 127 cm³/mol. The van der Waals surface area contributed by atoms with Gasteiger partial charge in [0.1, 0.15) is 11.6 Å². The topological polar surface area (TPSA) is 75.2 Å². The molecule has 0 spiro atoms. The van der Waals surface area contributed by atoms with Crippen molar-refractivity contribution in [2.24, 2.45) is 10.9 Å². The number of nitrogens with zero attached hydrogens (tertiary/aromatic N) is 2. The maximum Gasteiger partial charge on any atom is 0.225 e. The van der Waals surface area contributed by atoms with Gasteiger partial charge in [0.05, 0.1) is 6.61 Å². The van der Waals surface area contributed by atoms with Gasteiger partial charge in [0, 0.05) is 44.2 Å². The van der Waals surface area contributed by atoms with Crippen LogP contribution in [0.15, 0.2) is 17.1 Å². The van der Waals surface area contributed by atoms with Crippen molar-refractivity contribution in [2.75, 3.05) is 33.5 Å². The molecular weight excluding hydrogens is 514 g/mol. The lowest BCUT2D eigenvalue weighted by atomic mass is 10.1.